The quantitative estimate of drug-likeness (QED) is 0.100. The number of ether oxygens (including phenoxy) is 10. The molecule has 2 fully saturated rings. The Morgan fingerprint density at radius 1 is 0.647 bits per heavy atom. The summed E-state index contributed by atoms with van der Waals surface area (Å²) in [6, 6.07) is -1.77. The van der Waals surface area contributed by atoms with Crippen LogP contribution < -0.4 is 5.32 Å². The Kier molecular flexibility index (Phi) is 16.9. The maximum atomic E-state index is 13.0. The highest BCUT2D eigenvalue weighted by Gasteiger charge is 2.57. The Labute approximate surface area is 320 Å². The van der Waals surface area contributed by atoms with E-state index in [1.807, 2.05) is 0 Å². The van der Waals surface area contributed by atoms with Gasteiger partial charge in [-0.05, 0) is 6.92 Å². The van der Waals surface area contributed by atoms with Gasteiger partial charge in [-0.2, -0.15) is 0 Å². The van der Waals surface area contributed by atoms with Crippen LogP contribution in [0.1, 0.15) is 41.5 Å². The predicted octanol–water partition coefficient (Wildman–Crippen LogP) is 2.96. The Morgan fingerprint density at radius 3 is 1.65 bits per heavy atom. The van der Waals surface area contributed by atoms with Gasteiger partial charge in [-0.15, -0.1) is 0 Å². The van der Waals surface area contributed by atoms with Crippen LogP contribution in [0, 0.1) is 5.41 Å². The molecular formula is C27H34Cl6N2O16. The lowest BCUT2D eigenvalue weighted by Crippen LogP contribution is -2.69. The lowest BCUT2D eigenvalue weighted by Gasteiger charge is -2.49. The van der Waals surface area contributed by atoms with Crippen LogP contribution in [0.4, 0.5) is 4.79 Å². The molecule has 10 atom stereocenters. The molecule has 0 saturated carbocycles. The van der Waals surface area contributed by atoms with Gasteiger partial charge in [-0.3, -0.25) is 29.4 Å². The summed E-state index contributed by atoms with van der Waals surface area (Å²) < 4.78 is 50.7. The SMILES string of the molecule is CC(=O)OC[C@H]1O[C@H](OC(=N)C(Cl)(Cl)Cl)[C@H](NC(=O)OCC(Cl)(Cl)Cl)[C@@H](O[C@@H]2O[C@@H](C)[C@H](OC(C)=O)[C@@H](OC(C)=O)[C@H]2OC(C)=O)[C@@H]1OC(C)=O. The van der Waals surface area contributed by atoms with Gasteiger partial charge < -0.3 is 52.7 Å². The van der Waals surface area contributed by atoms with Crippen LogP contribution >= 0.6 is 69.6 Å². The number of nitrogens with one attached hydrogen (secondary N) is 2. The van der Waals surface area contributed by atoms with E-state index >= 15 is 0 Å². The smallest absolute Gasteiger partial charge is 0.407 e. The molecule has 0 unspecified atom stereocenters. The zero-order chi connectivity index (χ0) is 39.0. The molecule has 1 amide bonds. The van der Waals surface area contributed by atoms with Crippen molar-refractivity contribution in [1.82, 2.24) is 5.32 Å². The van der Waals surface area contributed by atoms with E-state index in [2.05, 4.69) is 5.32 Å². The van der Waals surface area contributed by atoms with Crippen molar-refractivity contribution >= 4 is 111 Å². The van der Waals surface area contributed by atoms with Crippen LogP contribution in [0.5, 0.6) is 0 Å². The highest BCUT2D eigenvalue weighted by molar-refractivity contribution is 6.76. The molecule has 0 radical (unpaired) electrons. The van der Waals surface area contributed by atoms with Crippen molar-refractivity contribution in [2.24, 2.45) is 0 Å². The van der Waals surface area contributed by atoms with Crippen molar-refractivity contribution < 1.29 is 76.1 Å². The first-order valence-electron chi connectivity index (χ1n) is 14.5. The summed E-state index contributed by atoms with van der Waals surface area (Å²) >= 11 is 34.6. The van der Waals surface area contributed by atoms with E-state index < -0.39 is 124 Å². The average Bonchev–Trinajstić information content (AvgIpc) is 2.95. The number of hydrogen-bond acceptors (Lipinski definition) is 17. The third kappa shape index (κ3) is 14.6. The molecule has 0 aromatic heterocycles. The Morgan fingerprint density at radius 2 is 1.16 bits per heavy atom. The molecule has 2 aliphatic rings. The molecule has 18 nitrogen and oxygen atoms in total. The number of carbonyl (C=O) groups is 6. The number of amides is 1. The van der Waals surface area contributed by atoms with E-state index in [-0.39, 0.29) is 0 Å². The normalized spacial score (nSPS) is 29.4. The molecule has 0 spiro atoms. The molecule has 0 aromatic carbocycles. The average molecular weight is 855 g/mol. The van der Waals surface area contributed by atoms with E-state index in [1.165, 1.54) is 6.92 Å². The molecule has 2 rings (SSSR count). The van der Waals surface area contributed by atoms with E-state index in [0.29, 0.717) is 0 Å². The third-order valence-corrected chi connectivity index (χ3v) is 7.31. The van der Waals surface area contributed by atoms with Gasteiger partial charge >= 0.3 is 35.9 Å². The first kappa shape index (κ1) is 44.9. The van der Waals surface area contributed by atoms with Gasteiger partial charge in [0.15, 0.2) is 30.7 Å². The van der Waals surface area contributed by atoms with Gasteiger partial charge in [0, 0.05) is 34.6 Å². The zero-order valence-electron chi connectivity index (χ0n) is 27.5. The number of halogens is 6. The minimum absolute atomic E-state index is 0.654. The summed E-state index contributed by atoms with van der Waals surface area (Å²) in [7, 11) is 0. The van der Waals surface area contributed by atoms with Gasteiger partial charge in [-0.25, -0.2) is 4.79 Å². The molecule has 290 valence electrons. The maximum Gasteiger partial charge on any atom is 0.407 e. The third-order valence-electron chi connectivity index (χ3n) is 6.47. The molecule has 51 heavy (non-hydrogen) atoms. The van der Waals surface area contributed by atoms with Gasteiger partial charge in [0.1, 0.15) is 31.5 Å². The van der Waals surface area contributed by atoms with Gasteiger partial charge in [0.2, 0.25) is 16.0 Å². The summed E-state index contributed by atoms with van der Waals surface area (Å²) in [6.45, 7) is 5.12. The molecular weight excluding hydrogens is 821 g/mol. The van der Waals surface area contributed by atoms with Crippen molar-refractivity contribution in [3.05, 3.63) is 0 Å². The van der Waals surface area contributed by atoms with Gasteiger partial charge in [0.25, 0.3) is 3.79 Å². The largest absolute Gasteiger partial charge is 0.463 e. The zero-order valence-corrected chi connectivity index (χ0v) is 32.0. The van der Waals surface area contributed by atoms with E-state index in [4.69, 9.17) is 122 Å². The van der Waals surface area contributed by atoms with Crippen molar-refractivity contribution in [2.45, 2.75) is 110 Å². The Hall–Kier alpha value is -2.29. The van der Waals surface area contributed by atoms with E-state index in [9.17, 15) is 28.8 Å². The fourth-order valence-corrected chi connectivity index (χ4v) is 5.03. The minimum atomic E-state index is -2.50. The summed E-state index contributed by atoms with van der Waals surface area (Å²) in [5.41, 5.74) is 0. The number of esters is 5. The van der Waals surface area contributed by atoms with Crippen LogP contribution in [0.3, 0.4) is 0 Å². The highest BCUT2D eigenvalue weighted by Crippen LogP contribution is 2.36. The van der Waals surface area contributed by atoms with Crippen molar-refractivity contribution in [3.63, 3.8) is 0 Å². The van der Waals surface area contributed by atoms with E-state index in [0.717, 1.165) is 34.6 Å². The maximum absolute atomic E-state index is 13.0. The molecule has 2 heterocycles. The minimum Gasteiger partial charge on any atom is -0.463 e. The number of hydrogen-bond donors (Lipinski definition) is 2. The fourth-order valence-electron chi connectivity index (χ4n) is 4.73. The second-order valence-corrected chi connectivity index (χ2v) is 15.6. The molecule has 24 heteroatoms. The Bertz CT molecular complexity index is 1310. The van der Waals surface area contributed by atoms with Crippen LogP contribution in [-0.4, -0.2) is 124 Å². The highest BCUT2D eigenvalue weighted by atomic mass is 35.6. The lowest BCUT2D eigenvalue weighted by molar-refractivity contribution is -0.339. The first-order valence-corrected chi connectivity index (χ1v) is 16.8. The second kappa shape index (κ2) is 19.2. The Balaban J connectivity index is 2.78. The molecule has 2 saturated heterocycles. The van der Waals surface area contributed by atoms with E-state index in [1.54, 1.807) is 0 Å². The van der Waals surface area contributed by atoms with Gasteiger partial charge in [-0.1, -0.05) is 69.6 Å². The van der Waals surface area contributed by atoms with Crippen molar-refractivity contribution in [1.29, 1.82) is 5.41 Å². The van der Waals surface area contributed by atoms with Crippen LogP contribution in [0.2, 0.25) is 0 Å². The fraction of sp³-hybridized carbons (Fsp3) is 0.741. The number of rotatable bonds is 11. The summed E-state index contributed by atoms with van der Waals surface area (Å²) in [4.78, 5) is 73.8. The van der Waals surface area contributed by atoms with Crippen LogP contribution in [-0.2, 0) is 71.3 Å². The molecule has 0 aromatic rings. The summed E-state index contributed by atoms with van der Waals surface area (Å²) in [5, 5.41) is 10.5. The lowest BCUT2D eigenvalue weighted by atomic mass is 9.95. The predicted molar refractivity (Wildman–Crippen MR) is 174 cm³/mol. The molecule has 2 N–H and O–H groups in total. The number of alkyl carbamates (subject to hydrolysis) is 1. The summed E-state index contributed by atoms with van der Waals surface area (Å²) in [6.07, 6.45) is -15.8. The van der Waals surface area contributed by atoms with Crippen LogP contribution in [0.15, 0.2) is 0 Å². The summed E-state index contributed by atoms with van der Waals surface area (Å²) in [5.74, 6) is -5.44. The topological polar surface area (TPSA) is 231 Å². The first-order chi connectivity index (χ1) is 23.4. The standard InChI is InChI=1S/C27H34Cl6N2O16/c1-9-17(45-11(3)37)20(47-13(5)39)21(48-14(6)40)23(44-9)50-19-16(35-25(41)43-8-26(28,29)30)22(51-24(34)27(31,32)33)49-15(7-42-10(2)36)18(19)46-12(4)38/h9,15-23,34H,7-8H2,1-6H3,(H,35,41)/t9-,15+,16+,17-,18+,19+,20+,21+,22+,23-/m0/s1. The second-order valence-electron chi connectivity index (χ2n) is 10.8. The van der Waals surface area contributed by atoms with Gasteiger partial charge in [0.05, 0.1) is 6.10 Å². The van der Waals surface area contributed by atoms with Crippen molar-refractivity contribution in [2.75, 3.05) is 13.2 Å². The molecule has 2 aliphatic heterocycles. The number of alkyl halides is 6. The molecule has 0 aliphatic carbocycles. The van der Waals surface area contributed by atoms with Crippen molar-refractivity contribution in [3.8, 4) is 0 Å². The monoisotopic (exact) mass is 852 g/mol. The molecule has 0 bridgehead atoms. The number of carbonyl (C=O) groups excluding carboxylic acids is 6. The van der Waals surface area contributed by atoms with Crippen LogP contribution in [0.25, 0.3) is 0 Å².